The first-order valence-corrected chi connectivity index (χ1v) is 10.9. The van der Waals surface area contributed by atoms with Crippen LogP contribution in [0.5, 0.6) is 5.75 Å². The number of piperidine rings is 1. The minimum absolute atomic E-state index is 0.0285. The molecule has 2 aromatic rings. The van der Waals surface area contributed by atoms with Crippen molar-refractivity contribution in [2.75, 3.05) is 19.6 Å². The Labute approximate surface area is 187 Å². The minimum atomic E-state index is -0.417. The number of hydrogen-bond acceptors (Lipinski definition) is 4. The van der Waals surface area contributed by atoms with Gasteiger partial charge in [-0.05, 0) is 61.1 Å². The molecule has 1 fully saturated rings. The number of likely N-dealkylation sites (tertiary alicyclic amines) is 1. The molecule has 0 aliphatic carbocycles. The van der Waals surface area contributed by atoms with Crippen LogP contribution >= 0.6 is 11.6 Å². The fourth-order valence-electron chi connectivity index (χ4n) is 3.68. The summed E-state index contributed by atoms with van der Waals surface area (Å²) in [6.07, 6.45) is 2.76. The van der Waals surface area contributed by atoms with Crippen molar-refractivity contribution >= 4 is 29.4 Å². The van der Waals surface area contributed by atoms with Crippen molar-refractivity contribution < 1.29 is 19.1 Å². The molecule has 0 aromatic heterocycles. The summed E-state index contributed by atoms with van der Waals surface area (Å²) in [5, 5.41) is 3.69. The molecule has 2 amide bonds. The van der Waals surface area contributed by atoms with E-state index in [9.17, 15) is 14.4 Å². The number of ether oxygens (including phenoxy) is 1. The maximum atomic E-state index is 12.8. The number of amides is 2. The summed E-state index contributed by atoms with van der Waals surface area (Å²) in [6.45, 7) is 3.23. The summed E-state index contributed by atoms with van der Waals surface area (Å²) in [7, 11) is 0. The SMILES string of the molecule is CC(=O)Oc1cccc(C(=O)N2CCC(CNC(=O)CCc3cccc(Cl)c3)CC2)c1. The smallest absolute Gasteiger partial charge is 0.308 e. The Kier molecular flexibility index (Phi) is 8.06. The fraction of sp³-hybridized carbons (Fsp3) is 0.375. The molecule has 3 rings (SSSR count). The lowest BCUT2D eigenvalue weighted by Gasteiger charge is -2.32. The van der Waals surface area contributed by atoms with Gasteiger partial charge in [0.05, 0.1) is 0 Å². The largest absolute Gasteiger partial charge is 0.427 e. The third-order valence-electron chi connectivity index (χ3n) is 5.36. The maximum absolute atomic E-state index is 12.8. The van der Waals surface area contributed by atoms with Crippen molar-refractivity contribution in [3.05, 3.63) is 64.7 Å². The van der Waals surface area contributed by atoms with Gasteiger partial charge in [0.25, 0.3) is 5.91 Å². The predicted molar refractivity (Wildman–Crippen MR) is 119 cm³/mol. The fourth-order valence-corrected chi connectivity index (χ4v) is 3.89. The van der Waals surface area contributed by atoms with Crippen molar-refractivity contribution in [3.63, 3.8) is 0 Å². The van der Waals surface area contributed by atoms with Gasteiger partial charge in [0, 0.05) is 43.6 Å². The average molecular weight is 443 g/mol. The Morgan fingerprint density at radius 2 is 1.84 bits per heavy atom. The Balaban J connectivity index is 1.40. The molecule has 7 heteroatoms. The van der Waals surface area contributed by atoms with E-state index in [0.717, 1.165) is 18.4 Å². The lowest BCUT2D eigenvalue weighted by Crippen LogP contribution is -2.41. The molecule has 31 heavy (non-hydrogen) atoms. The molecule has 2 aromatic carbocycles. The third kappa shape index (κ3) is 7.10. The molecule has 164 valence electrons. The van der Waals surface area contributed by atoms with E-state index in [0.29, 0.717) is 54.7 Å². The van der Waals surface area contributed by atoms with E-state index in [-0.39, 0.29) is 11.8 Å². The van der Waals surface area contributed by atoms with Gasteiger partial charge in [0.15, 0.2) is 0 Å². The number of benzene rings is 2. The molecule has 0 spiro atoms. The van der Waals surface area contributed by atoms with E-state index in [1.54, 1.807) is 24.3 Å². The first-order chi connectivity index (χ1) is 14.9. The van der Waals surface area contributed by atoms with E-state index in [2.05, 4.69) is 5.32 Å². The van der Waals surface area contributed by atoms with Gasteiger partial charge in [-0.1, -0.05) is 29.8 Å². The molecule has 1 aliphatic rings. The van der Waals surface area contributed by atoms with Gasteiger partial charge in [-0.3, -0.25) is 14.4 Å². The highest BCUT2D eigenvalue weighted by Crippen LogP contribution is 2.21. The second-order valence-corrected chi connectivity index (χ2v) is 8.23. The number of nitrogens with one attached hydrogen (secondary N) is 1. The predicted octanol–water partition coefficient (Wildman–Crippen LogP) is 3.87. The van der Waals surface area contributed by atoms with Crippen molar-refractivity contribution in [3.8, 4) is 5.75 Å². The standard InChI is InChI=1S/C24H27ClN2O4/c1-17(28)31-22-7-3-5-20(15-22)24(30)27-12-10-19(11-13-27)16-26-23(29)9-8-18-4-2-6-21(25)14-18/h2-7,14-15,19H,8-13,16H2,1H3,(H,26,29). The number of aryl methyl sites for hydroxylation is 1. The highest BCUT2D eigenvalue weighted by Gasteiger charge is 2.24. The Morgan fingerprint density at radius 1 is 1.10 bits per heavy atom. The summed E-state index contributed by atoms with van der Waals surface area (Å²) in [6, 6.07) is 14.2. The number of carbonyl (C=O) groups is 3. The van der Waals surface area contributed by atoms with Crippen molar-refractivity contribution in [1.29, 1.82) is 0 Å². The lowest BCUT2D eigenvalue weighted by molar-refractivity contribution is -0.131. The van der Waals surface area contributed by atoms with Crippen LogP contribution in [0, 0.1) is 5.92 Å². The van der Waals surface area contributed by atoms with E-state index < -0.39 is 5.97 Å². The van der Waals surface area contributed by atoms with Gasteiger partial charge < -0.3 is 15.0 Å². The maximum Gasteiger partial charge on any atom is 0.308 e. The number of halogens is 1. The van der Waals surface area contributed by atoms with Crippen molar-refractivity contribution in [1.82, 2.24) is 10.2 Å². The van der Waals surface area contributed by atoms with Crippen LogP contribution in [0.25, 0.3) is 0 Å². The van der Waals surface area contributed by atoms with Crippen LogP contribution < -0.4 is 10.1 Å². The van der Waals surface area contributed by atoms with Crippen LogP contribution in [0.1, 0.15) is 42.1 Å². The Bertz CT molecular complexity index is 939. The van der Waals surface area contributed by atoms with Crippen LogP contribution in [0.3, 0.4) is 0 Å². The average Bonchev–Trinajstić information content (AvgIpc) is 2.76. The molecule has 6 nitrogen and oxygen atoms in total. The number of carbonyl (C=O) groups excluding carboxylic acids is 3. The topological polar surface area (TPSA) is 75.7 Å². The van der Waals surface area contributed by atoms with Gasteiger partial charge >= 0.3 is 5.97 Å². The zero-order valence-corrected chi connectivity index (χ0v) is 18.4. The molecule has 0 unspecified atom stereocenters. The molecule has 0 radical (unpaired) electrons. The second-order valence-electron chi connectivity index (χ2n) is 7.79. The lowest BCUT2D eigenvalue weighted by atomic mass is 9.96. The molecular weight excluding hydrogens is 416 g/mol. The van der Waals surface area contributed by atoms with Gasteiger partial charge in [0.2, 0.25) is 5.91 Å². The van der Waals surface area contributed by atoms with Gasteiger partial charge in [-0.15, -0.1) is 0 Å². The van der Waals surface area contributed by atoms with Crippen LogP contribution in [0.4, 0.5) is 0 Å². The van der Waals surface area contributed by atoms with E-state index in [1.807, 2.05) is 29.2 Å². The van der Waals surface area contributed by atoms with Crippen LogP contribution in [-0.4, -0.2) is 42.3 Å². The number of nitrogens with zero attached hydrogens (tertiary/aromatic N) is 1. The van der Waals surface area contributed by atoms with Crippen molar-refractivity contribution in [2.45, 2.75) is 32.6 Å². The molecule has 0 bridgehead atoms. The zero-order chi connectivity index (χ0) is 22.2. The normalized spacial score (nSPS) is 14.2. The van der Waals surface area contributed by atoms with Gasteiger partial charge in [0.1, 0.15) is 5.75 Å². The van der Waals surface area contributed by atoms with Crippen LogP contribution in [0.15, 0.2) is 48.5 Å². The molecule has 0 atom stereocenters. The number of esters is 1. The van der Waals surface area contributed by atoms with Crippen molar-refractivity contribution in [2.24, 2.45) is 5.92 Å². The van der Waals surface area contributed by atoms with Crippen LogP contribution in [-0.2, 0) is 16.0 Å². The summed E-state index contributed by atoms with van der Waals surface area (Å²) in [4.78, 5) is 37.9. The molecule has 1 heterocycles. The van der Waals surface area contributed by atoms with Crippen LogP contribution in [0.2, 0.25) is 5.02 Å². The van der Waals surface area contributed by atoms with E-state index >= 15 is 0 Å². The second kappa shape index (κ2) is 11.0. The molecular formula is C24H27ClN2O4. The minimum Gasteiger partial charge on any atom is -0.427 e. The quantitative estimate of drug-likeness (QED) is 0.521. The molecule has 1 N–H and O–H groups in total. The Hall–Kier alpha value is -2.86. The summed E-state index contributed by atoms with van der Waals surface area (Å²) >= 11 is 5.98. The van der Waals surface area contributed by atoms with E-state index in [1.165, 1.54) is 6.92 Å². The highest BCUT2D eigenvalue weighted by molar-refractivity contribution is 6.30. The summed E-state index contributed by atoms with van der Waals surface area (Å²) in [5.41, 5.74) is 1.55. The van der Waals surface area contributed by atoms with Gasteiger partial charge in [-0.2, -0.15) is 0 Å². The van der Waals surface area contributed by atoms with Gasteiger partial charge in [-0.25, -0.2) is 0 Å². The number of rotatable bonds is 7. The summed E-state index contributed by atoms with van der Waals surface area (Å²) < 4.78 is 5.06. The first-order valence-electron chi connectivity index (χ1n) is 10.5. The first kappa shape index (κ1) is 22.8. The molecule has 1 aliphatic heterocycles. The number of hydrogen-bond donors (Lipinski definition) is 1. The molecule has 1 saturated heterocycles. The highest BCUT2D eigenvalue weighted by atomic mass is 35.5. The molecule has 0 saturated carbocycles. The van der Waals surface area contributed by atoms with E-state index in [4.69, 9.17) is 16.3 Å². The monoisotopic (exact) mass is 442 g/mol. The Morgan fingerprint density at radius 3 is 2.55 bits per heavy atom. The zero-order valence-electron chi connectivity index (χ0n) is 17.6. The third-order valence-corrected chi connectivity index (χ3v) is 5.60. The summed E-state index contributed by atoms with van der Waals surface area (Å²) in [5.74, 6) is 0.263.